The second-order valence-corrected chi connectivity index (χ2v) is 7.59. The number of carbonyl (C=O) groups is 1. The predicted octanol–water partition coefficient (Wildman–Crippen LogP) is 2.43. The number of nitro groups is 1. The molecule has 0 saturated heterocycles. The van der Waals surface area contributed by atoms with E-state index >= 15 is 0 Å². The molecule has 3 rings (SSSR count). The van der Waals surface area contributed by atoms with Gasteiger partial charge in [0.05, 0.1) is 12.0 Å². The minimum Gasteiger partial charge on any atom is -0.493 e. The maximum atomic E-state index is 11.9. The van der Waals surface area contributed by atoms with Crippen LogP contribution in [0.4, 0.5) is 11.5 Å². The van der Waals surface area contributed by atoms with Gasteiger partial charge in [-0.05, 0) is 45.7 Å². The van der Waals surface area contributed by atoms with E-state index < -0.39 is 10.8 Å². The van der Waals surface area contributed by atoms with Crippen molar-refractivity contribution in [2.24, 2.45) is 0 Å². The summed E-state index contributed by atoms with van der Waals surface area (Å²) in [6.07, 6.45) is 0. The maximum Gasteiger partial charge on any atom is 0.277 e. The predicted molar refractivity (Wildman–Crippen MR) is 121 cm³/mol. The van der Waals surface area contributed by atoms with Crippen molar-refractivity contribution in [2.75, 3.05) is 25.9 Å². The third-order valence-corrected chi connectivity index (χ3v) is 5.24. The summed E-state index contributed by atoms with van der Waals surface area (Å²) in [5.41, 5.74) is 7.16. The molecule has 0 saturated carbocycles. The van der Waals surface area contributed by atoms with Crippen molar-refractivity contribution in [1.82, 2.24) is 20.9 Å². The molecule has 0 aliphatic carbocycles. The minimum atomic E-state index is -0.465. The first-order valence-corrected chi connectivity index (χ1v) is 10.5. The summed E-state index contributed by atoms with van der Waals surface area (Å²) in [6.45, 7) is 1.56. The Morgan fingerprint density at radius 2 is 1.97 bits per heavy atom. The average molecular weight is 521 g/mol. The number of ether oxygens (including phenoxy) is 2. The molecule has 0 bridgehead atoms. The van der Waals surface area contributed by atoms with Crippen LogP contribution in [-0.2, 0) is 13.2 Å². The Bertz CT molecular complexity index is 1120. The molecule has 174 valence electrons. The van der Waals surface area contributed by atoms with E-state index in [9.17, 15) is 14.9 Å². The minimum absolute atomic E-state index is 0.0229. The molecule has 13 heteroatoms. The van der Waals surface area contributed by atoms with Crippen LogP contribution in [0, 0.1) is 10.1 Å². The molecular weight excluding hydrogens is 500 g/mol. The van der Waals surface area contributed by atoms with Crippen LogP contribution in [0.3, 0.4) is 0 Å². The number of nitrogens with zero attached hydrogens (tertiary/aromatic N) is 3. The van der Waals surface area contributed by atoms with E-state index in [0.717, 1.165) is 15.6 Å². The molecule has 0 aliphatic heterocycles. The fourth-order valence-corrected chi connectivity index (χ4v) is 3.25. The van der Waals surface area contributed by atoms with Gasteiger partial charge in [-0.2, -0.15) is 0 Å². The number of non-ortho nitro benzene ring substituents is 1. The van der Waals surface area contributed by atoms with Crippen LogP contribution in [0.5, 0.6) is 11.5 Å². The Labute approximate surface area is 196 Å². The first-order valence-electron chi connectivity index (χ1n) is 9.68. The van der Waals surface area contributed by atoms with Gasteiger partial charge in [-0.1, -0.05) is 15.9 Å². The van der Waals surface area contributed by atoms with Crippen LogP contribution in [0.1, 0.15) is 21.6 Å². The number of nitrogen functional groups attached to an aromatic ring is 1. The lowest BCUT2D eigenvalue weighted by Gasteiger charge is -2.14. The summed E-state index contributed by atoms with van der Waals surface area (Å²) in [4.78, 5) is 22.2. The molecule has 0 spiro atoms. The topological polar surface area (TPSA) is 168 Å². The number of nitrogens with two attached hydrogens (primary N) is 1. The Balaban J connectivity index is 1.51. The molecule has 3 aromatic rings. The fourth-order valence-electron chi connectivity index (χ4n) is 2.78. The van der Waals surface area contributed by atoms with Gasteiger partial charge in [-0.3, -0.25) is 14.9 Å². The van der Waals surface area contributed by atoms with Gasteiger partial charge >= 0.3 is 0 Å². The summed E-state index contributed by atoms with van der Waals surface area (Å²) in [5, 5.41) is 23.4. The third kappa shape index (κ3) is 6.40. The Morgan fingerprint density at radius 3 is 2.61 bits per heavy atom. The monoisotopic (exact) mass is 520 g/mol. The summed E-state index contributed by atoms with van der Waals surface area (Å²) < 4.78 is 16.5. The SMILES string of the molecule is COc1cc(CNCCNC(=O)c2nonc2N)c(Br)cc1OCc1ccc([N+](=O)[O-])cc1. The second-order valence-electron chi connectivity index (χ2n) is 6.74. The number of benzene rings is 2. The van der Waals surface area contributed by atoms with Gasteiger partial charge in [0.15, 0.2) is 11.5 Å². The van der Waals surface area contributed by atoms with Crippen molar-refractivity contribution < 1.29 is 23.8 Å². The van der Waals surface area contributed by atoms with E-state index in [1.54, 1.807) is 25.3 Å². The number of methoxy groups -OCH3 is 1. The van der Waals surface area contributed by atoms with Gasteiger partial charge in [0.1, 0.15) is 6.61 Å². The van der Waals surface area contributed by atoms with Crippen molar-refractivity contribution in [2.45, 2.75) is 13.2 Å². The van der Waals surface area contributed by atoms with E-state index in [0.29, 0.717) is 31.1 Å². The second kappa shape index (κ2) is 11.2. The first kappa shape index (κ1) is 23.9. The zero-order valence-electron chi connectivity index (χ0n) is 17.5. The van der Waals surface area contributed by atoms with Gasteiger partial charge in [-0.25, -0.2) is 4.63 Å². The Hall–Kier alpha value is -3.71. The zero-order valence-corrected chi connectivity index (χ0v) is 19.1. The van der Waals surface area contributed by atoms with E-state index in [2.05, 4.69) is 41.5 Å². The van der Waals surface area contributed by atoms with Gasteiger partial charge < -0.3 is 25.8 Å². The Kier molecular flexibility index (Phi) is 8.16. The lowest BCUT2D eigenvalue weighted by Crippen LogP contribution is -2.32. The number of rotatable bonds is 11. The van der Waals surface area contributed by atoms with Crippen LogP contribution >= 0.6 is 15.9 Å². The van der Waals surface area contributed by atoms with E-state index in [-0.39, 0.29) is 23.8 Å². The number of aromatic nitrogens is 2. The molecule has 1 heterocycles. The molecule has 1 amide bonds. The normalized spacial score (nSPS) is 10.6. The molecular formula is C20H21BrN6O6. The molecule has 33 heavy (non-hydrogen) atoms. The summed E-state index contributed by atoms with van der Waals surface area (Å²) in [6, 6.07) is 9.78. The van der Waals surface area contributed by atoms with Gasteiger partial charge in [-0.15, -0.1) is 0 Å². The highest BCUT2D eigenvalue weighted by Gasteiger charge is 2.15. The summed E-state index contributed by atoms with van der Waals surface area (Å²) in [7, 11) is 1.54. The molecule has 0 radical (unpaired) electrons. The fraction of sp³-hybridized carbons (Fsp3) is 0.250. The number of halogens is 1. The summed E-state index contributed by atoms with van der Waals surface area (Å²) in [5.74, 6) is 0.539. The largest absolute Gasteiger partial charge is 0.493 e. The average Bonchev–Trinajstić information content (AvgIpc) is 3.24. The quantitative estimate of drug-likeness (QED) is 0.194. The highest BCUT2D eigenvalue weighted by atomic mass is 79.9. The highest BCUT2D eigenvalue weighted by Crippen LogP contribution is 2.34. The number of carbonyl (C=O) groups excluding carboxylic acids is 1. The van der Waals surface area contributed by atoms with Crippen molar-refractivity contribution in [1.29, 1.82) is 0 Å². The molecule has 0 atom stereocenters. The van der Waals surface area contributed by atoms with E-state index in [4.69, 9.17) is 15.2 Å². The molecule has 4 N–H and O–H groups in total. The zero-order chi connectivity index (χ0) is 23.8. The lowest BCUT2D eigenvalue weighted by molar-refractivity contribution is -0.384. The molecule has 1 aromatic heterocycles. The molecule has 12 nitrogen and oxygen atoms in total. The van der Waals surface area contributed by atoms with Crippen molar-refractivity contribution in [3.05, 3.63) is 67.8 Å². The molecule has 2 aromatic carbocycles. The third-order valence-electron chi connectivity index (χ3n) is 4.51. The van der Waals surface area contributed by atoms with Crippen molar-refractivity contribution in [3.63, 3.8) is 0 Å². The van der Waals surface area contributed by atoms with Gasteiger partial charge in [0, 0.05) is 36.2 Å². The van der Waals surface area contributed by atoms with Crippen LogP contribution in [0.2, 0.25) is 0 Å². The van der Waals surface area contributed by atoms with Crippen LogP contribution in [0.15, 0.2) is 45.5 Å². The van der Waals surface area contributed by atoms with Crippen molar-refractivity contribution >= 4 is 33.3 Å². The number of hydrogen-bond acceptors (Lipinski definition) is 10. The number of nitro benzene ring substituents is 1. The number of nitrogens with one attached hydrogen (secondary N) is 2. The van der Waals surface area contributed by atoms with Gasteiger partial charge in [0.2, 0.25) is 11.5 Å². The standard InChI is InChI=1S/C20H21BrN6O6/c1-31-16-8-13(10-23-6-7-24-20(28)18-19(22)26-33-25-18)15(21)9-17(16)32-11-12-2-4-14(5-3-12)27(29)30/h2-5,8-9,23H,6-7,10-11H2,1H3,(H2,22,26)(H,24,28). The smallest absolute Gasteiger partial charge is 0.277 e. The Morgan fingerprint density at radius 1 is 1.21 bits per heavy atom. The lowest BCUT2D eigenvalue weighted by atomic mass is 10.2. The van der Waals surface area contributed by atoms with E-state index in [1.165, 1.54) is 12.1 Å². The van der Waals surface area contributed by atoms with Gasteiger partial charge in [0.25, 0.3) is 11.6 Å². The van der Waals surface area contributed by atoms with Crippen molar-refractivity contribution in [3.8, 4) is 11.5 Å². The maximum absolute atomic E-state index is 11.9. The van der Waals surface area contributed by atoms with Crippen LogP contribution in [0.25, 0.3) is 0 Å². The van der Waals surface area contributed by atoms with Crippen LogP contribution < -0.4 is 25.8 Å². The molecule has 0 aliphatic rings. The van der Waals surface area contributed by atoms with E-state index in [1.807, 2.05) is 6.07 Å². The molecule has 0 fully saturated rings. The highest BCUT2D eigenvalue weighted by molar-refractivity contribution is 9.10. The molecule has 0 unspecified atom stereocenters. The number of anilines is 1. The number of hydrogen-bond donors (Lipinski definition) is 3. The first-order chi connectivity index (χ1) is 15.9. The summed E-state index contributed by atoms with van der Waals surface area (Å²) >= 11 is 3.53. The van der Waals surface area contributed by atoms with Crippen LogP contribution in [-0.4, -0.2) is 41.3 Å². The number of amides is 1.